The third-order valence-electron chi connectivity index (χ3n) is 12.8. The van der Waals surface area contributed by atoms with Gasteiger partial charge in [0.05, 0.1) is 25.4 Å². The number of allylic oxidation sites excluding steroid dienone is 2. The highest BCUT2D eigenvalue weighted by molar-refractivity contribution is 5.80. The number of aliphatic hydroxyl groups excluding tert-OH is 7. The second kappa shape index (κ2) is 41.3. The predicted molar refractivity (Wildman–Crippen MR) is 252 cm³/mol. The Balaban J connectivity index is 2.26. The normalized spacial score (nSPS) is 21.3. The molecule has 0 aromatic carbocycles. The summed E-state index contributed by atoms with van der Waals surface area (Å²) in [5, 5.41) is 75.5. The highest BCUT2D eigenvalue weighted by Crippen LogP contribution is 2.23. The first-order chi connectivity index (χ1) is 30.2. The van der Waals surface area contributed by atoms with Crippen LogP contribution < -0.4 is 5.32 Å². The van der Waals surface area contributed by atoms with Crippen molar-refractivity contribution in [1.82, 2.24) is 5.32 Å². The van der Waals surface area contributed by atoms with Crippen LogP contribution in [0.2, 0.25) is 0 Å². The largest absolute Gasteiger partial charge is 0.394 e. The van der Waals surface area contributed by atoms with Crippen molar-refractivity contribution in [2.45, 2.75) is 294 Å². The minimum absolute atomic E-state index is 0.256. The van der Waals surface area contributed by atoms with Crippen molar-refractivity contribution in [3.05, 3.63) is 12.2 Å². The maximum atomic E-state index is 13.0. The van der Waals surface area contributed by atoms with E-state index in [-0.39, 0.29) is 12.8 Å². The van der Waals surface area contributed by atoms with Gasteiger partial charge in [-0.05, 0) is 38.5 Å². The molecule has 62 heavy (non-hydrogen) atoms. The van der Waals surface area contributed by atoms with E-state index in [9.17, 15) is 40.5 Å². The van der Waals surface area contributed by atoms with Crippen LogP contribution >= 0.6 is 0 Å². The summed E-state index contributed by atoms with van der Waals surface area (Å²) < 4.78 is 11.1. The van der Waals surface area contributed by atoms with Gasteiger partial charge < -0.3 is 50.5 Å². The number of amides is 1. The molecule has 1 aliphatic heterocycles. The van der Waals surface area contributed by atoms with Gasteiger partial charge in [-0.2, -0.15) is 0 Å². The number of hydrogen-bond acceptors (Lipinski definition) is 10. The molecule has 1 fully saturated rings. The van der Waals surface area contributed by atoms with Crippen molar-refractivity contribution in [3.63, 3.8) is 0 Å². The SMILES string of the molecule is CCCCCCCCCCCCCCCCCCCCCCCC/C=C/CCCC(O)C(O)C(COC1OC(CO)C(O)C(O)C1O)NC(=O)C(O)CCCCCCCCCC. The van der Waals surface area contributed by atoms with Gasteiger partial charge in [-0.3, -0.25) is 4.79 Å². The zero-order valence-corrected chi connectivity index (χ0v) is 39.9. The van der Waals surface area contributed by atoms with Crippen molar-refractivity contribution in [3.8, 4) is 0 Å². The summed E-state index contributed by atoms with van der Waals surface area (Å²) in [7, 11) is 0. The second-order valence-corrected chi connectivity index (χ2v) is 18.6. The van der Waals surface area contributed by atoms with Crippen LogP contribution in [-0.4, -0.2) is 110 Å². The summed E-state index contributed by atoms with van der Waals surface area (Å²) in [6.07, 6.45) is 34.5. The van der Waals surface area contributed by atoms with E-state index in [1.807, 2.05) is 0 Å². The van der Waals surface area contributed by atoms with E-state index in [0.717, 1.165) is 38.5 Å². The zero-order chi connectivity index (χ0) is 45.5. The summed E-state index contributed by atoms with van der Waals surface area (Å²) in [6.45, 7) is 3.40. The first-order valence-corrected chi connectivity index (χ1v) is 26.1. The van der Waals surface area contributed by atoms with Crippen LogP contribution in [0.4, 0.5) is 0 Å². The molecular formula is C51H99NO10. The fraction of sp³-hybridized carbons (Fsp3) is 0.941. The molecule has 1 aliphatic rings. The Morgan fingerprint density at radius 3 is 1.39 bits per heavy atom. The van der Waals surface area contributed by atoms with E-state index in [1.165, 1.54) is 161 Å². The standard InChI is InChI=1S/C51H99NO10/c1-3-5-7-9-11-13-14-15-16-17-18-19-20-21-22-23-24-25-26-27-28-29-30-31-33-34-36-38-43(54)46(56)42(41-61-51-49(59)48(58)47(57)45(40-53)62-51)52-50(60)44(55)39-37-35-32-12-10-8-6-4-2/h31,33,42-49,51,53-59H,3-30,32,34-41H2,1-2H3,(H,52,60)/b33-31+. The van der Waals surface area contributed by atoms with Gasteiger partial charge in [-0.1, -0.05) is 212 Å². The smallest absolute Gasteiger partial charge is 0.249 e. The van der Waals surface area contributed by atoms with Crippen LogP contribution in [0, 0.1) is 0 Å². The lowest BCUT2D eigenvalue weighted by molar-refractivity contribution is -0.303. The molecule has 8 N–H and O–H groups in total. The average Bonchev–Trinajstić information content (AvgIpc) is 3.27. The van der Waals surface area contributed by atoms with Crippen LogP contribution in [-0.2, 0) is 14.3 Å². The molecule has 1 heterocycles. The molecule has 11 nitrogen and oxygen atoms in total. The van der Waals surface area contributed by atoms with Gasteiger partial charge in [-0.25, -0.2) is 0 Å². The van der Waals surface area contributed by atoms with E-state index in [0.29, 0.717) is 12.8 Å². The third kappa shape index (κ3) is 30.1. The number of carbonyl (C=O) groups excluding carboxylic acids is 1. The van der Waals surface area contributed by atoms with Gasteiger partial charge in [0.25, 0.3) is 0 Å². The van der Waals surface area contributed by atoms with Crippen LogP contribution in [0.3, 0.4) is 0 Å². The summed E-state index contributed by atoms with van der Waals surface area (Å²) in [5.74, 6) is -0.708. The van der Waals surface area contributed by atoms with Gasteiger partial charge in [-0.15, -0.1) is 0 Å². The number of hydrogen-bond donors (Lipinski definition) is 8. The number of unbranched alkanes of at least 4 members (excludes halogenated alkanes) is 30. The molecule has 1 saturated heterocycles. The molecule has 0 radical (unpaired) electrons. The average molecular weight is 886 g/mol. The number of carbonyl (C=O) groups is 1. The molecule has 0 saturated carbocycles. The van der Waals surface area contributed by atoms with Crippen molar-refractivity contribution in [2.75, 3.05) is 13.2 Å². The molecule has 1 amide bonds. The van der Waals surface area contributed by atoms with Crippen molar-refractivity contribution < 1.29 is 50.0 Å². The summed E-state index contributed by atoms with van der Waals surface area (Å²) >= 11 is 0. The number of rotatable bonds is 44. The van der Waals surface area contributed by atoms with Gasteiger partial charge in [0, 0.05) is 0 Å². The van der Waals surface area contributed by atoms with Gasteiger partial charge in [0.1, 0.15) is 36.6 Å². The van der Waals surface area contributed by atoms with Gasteiger partial charge in [0.2, 0.25) is 5.91 Å². The Bertz CT molecular complexity index is 1020. The van der Waals surface area contributed by atoms with E-state index >= 15 is 0 Å². The Morgan fingerprint density at radius 1 is 0.548 bits per heavy atom. The van der Waals surface area contributed by atoms with Gasteiger partial charge in [0.15, 0.2) is 6.29 Å². The molecule has 9 atom stereocenters. The predicted octanol–water partition coefficient (Wildman–Crippen LogP) is 9.62. The maximum absolute atomic E-state index is 13.0. The number of aliphatic hydroxyl groups is 7. The van der Waals surface area contributed by atoms with E-state index in [4.69, 9.17) is 9.47 Å². The molecule has 9 unspecified atom stereocenters. The highest BCUT2D eigenvalue weighted by atomic mass is 16.7. The van der Waals surface area contributed by atoms with Crippen LogP contribution in [0.1, 0.15) is 239 Å². The number of nitrogens with one attached hydrogen (secondary N) is 1. The number of ether oxygens (including phenoxy) is 2. The summed E-state index contributed by atoms with van der Waals surface area (Å²) in [6, 6.07) is -1.18. The Labute approximate surface area is 379 Å². The van der Waals surface area contributed by atoms with E-state index in [1.54, 1.807) is 0 Å². The summed E-state index contributed by atoms with van der Waals surface area (Å²) in [4.78, 5) is 13.0. The molecule has 0 bridgehead atoms. The van der Waals surface area contributed by atoms with Gasteiger partial charge >= 0.3 is 0 Å². The Morgan fingerprint density at radius 2 is 0.952 bits per heavy atom. The lowest BCUT2D eigenvalue weighted by Gasteiger charge is -2.40. The van der Waals surface area contributed by atoms with E-state index < -0.39 is 74.2 Å². The molecule has 0 spiro atoms. The zero-order valence-electron chi connectivity index (χ0n) is 39.9. The lowest BCUT2D eigenvalue weighted by Crippen LogP contribution is -2.60. The second-order valence-electron chi connectivity index (χ2n) is 18.6. The van der Waals surface area contributed by atoms with Crippen LogP contribution in [0.15, 0.2) is 12.2 Å². The van der Waals surface area contributed by atoms with Crippen molar-refractivity contribution in [2.24, 2.45) is 0 Å². The highest BCUT2D eigenvalue weighted by Gasteiger charge is 2.44. The summed E-state index contributed by atoms with van der Waals surface area (Å²) in [5.41, 5.74) is 0. The minimum atomic E-state index is -1.66. The maximum Gasteiger partial charge on any atom is 0.249 e. The van der Waals surface area contributed by atoms with E-state index in [2.05, 4.69) is 31.3 Å². The molecule has 11 heteroatoms. The van der Waals surface area contributed by atoms with Crippen LogP contribution in [0.25, 0.3) is 0 Å². The quantitative estimate of drug-likeness (QED) is 0.0216. The molecule has 0 aromatic heterocycles. The molecular weight excluding hydrogens is 787 g/mol. The first kappa shape index (κ1) is 58.9. The molecule has 0 aromatic rings. The van der Waals surface area contributed by atoms with Crippen LogP contribution in [0.5, 0.6) is 0 Å². The monoisotopic (exact) mass is 886 g/mol. The fourth-order valence-electron chi connectivity index (χ4n) is 8.50. The minimum Gasteiger partial charge on any atom is -0.394 e. The molecule has 0 aliphatic carbocycles. The van der Waals surface area contributed by atoms with Crippen molar-refractivity contribution >= 4 is 5.91 Å². The molecule has 368 valence electrons. The fourth-order valence-corrected chi connectivity index (χ4v) is 8.50. The molecule has 1 rings (SSSR count). The lowest BCUT2D eigenvalue weighted by atomic mass is 9.98. The first-order valence-electron chi connectivity index (χ1n) is 26.1. The topological polar surface area (TPSA) is 189 Å². The third-order valence-corrected chi connectivity index (χ3v) is 12.8. The van der Waals surface area contributed by atoms with Crippen molar-refractivity contribution in [1.29, 1.82) is 0 Å². The Kier molecular flexibility index (Phi) is 39.2. The Hall–Kier alpha value is -1.15.